The van der Waals surface area contributed by atoms with Gasteiger partial charge in [0.05, 0.1) is 28.4 Å². The molecule has 0 bridgehead atoms. The molecule has 0 aromatic heterocycles. The van der Waals surface area contributed by atoms with E-state index in [9.17, 15) is 4.79 Å². The van der Waals surface area contributed by atoms with Crippen molar-refractivity contribution in [3.8, 4) is 17.2 Å². The summed E-state index contributed by atoms with van der Waals surface area (Å²) in [7, 11) is 6.10. The van der Waals surface area contributed by atoms with Crippen molar-refractivity contribution in [1.82, 2.24) is 0 Å². The summed E-state index contributed by atoms with van der Waals surface area (Å²) in [5.74, 6) is 1.51. The van der Waals surface area contributed by atoms with Crippen molar-refractivity contribution in [3.63, 3.8) is 0 Å². The van der Waals surface area contributed by atoms with E-state index in [1.165, 1.54) is 13.2 Å². The SMILES string of the molecule is COC(=O)/C=C(\c1ccc(OC)cc1)c1ccc(OC)c(OC)c1. The van der Waals surface area contributed by atoms with Crippen LogP contribution in [0.2, 0.25) is 0 Å². The summed E-state index contributed by atoms with van der Waals surface area (Å²) in [6, 6.07) is 12.9. The second kappa shape index (κ2) is 8.06. The first-order chi connectivity index (χ1) is 11.6. The van der Waals surface area contributed by atoms with Crippen LogP contribution in [-0.4, -0.2) is 34.4 Å². The van der Waals surface area contributed by atoms with Crippen LogP contribution >= 0.6 is 0 Å². The Morgan fingerprint density at radius 1 is 0.792 bits per heavy atom. The lowest BCUT2D eigenvalue weighted by Gasteiger charge is -2.13. The second-order valence-corrected chi connectivity index (χ2v) is 4.88. The van der Waals surface area contributed by atoms with Crippen LogP contribution in [0.4, 0.5) is 0 Å². The number of rotatable bonds is 6. The first-order valence-electron chi connectivity index (χ1n) is 7.29. The molecule has 0 spiro atoms. The van der Waals surface area contributed by atoms with Gasteiger partial charge < -0.3 is 18.9 Å². The molecule has 0 aliphatic rings. The molecular weight excluding hydrogens is 308 g/mol. The van der Waals surface area contributed by atoms with E-state index in [0.717, 1.165) is 16.9 Å². The number of hydrogen-bond acceptors (Lipinski definition) is 5. The maximum atomic E-state index is 11.8. The van der Waals surface area contributed by atoms with Gasteiger partial charge in [-0.25, -0.2) is 4.79 Å². The normalized spacial score (nSPS) is 10.9. The lowest BCUT2D eigenvalue weighted by Crippen LogP contribution is -1.99. The number of esters is 1. The van der Waals surface area contributed by atoms with Crippen molar-refractivity contribution in [2.75, 3.05) is 28.4 Å². The van der Waals surface area contributed by atoms with Crippen LogP contribution in [0.25, 0.3) is 5.57 Å². The van der Waals surface area contributed by atoms with Crippen molar-refractivity contribution in [2.24, 2.45) is 0 Å². The van der Waals surface area contributed by atoms with Crippen LogP contribution in [0, 0.1) is 0 Å². The zero-order chi connectivity index (χ0) is 17.5. The molecule has 2 aromatic rings. The smallest absolute Gasteiger partial charge is 0.331 e. The highest BCUT2D eigenvalue weighted by Crippen LogP contribution is 2.33. The number of carbonyl (C=O) groups is 1. The molecule has 0 unspecified atom stereocenters. The van der Waals surface area contributed by atoms with Gasteiger partial charge in [0.1, 0.15) is 5.75 Å². The summed E-state index contributed by atoms with van der Waals surface area (Å²) in [5.41, 5.74) is 2.38. The summed E-state index contributed by atoms with van der Waals surface area (Å²) in [5, 5.41) is 0. The standard InChI is InChI=1S/C19H20O5/c1-21-15-8-5-13(6-9-15)16(12-19(20)24-4)14-7-10-17(22-2)18(11-14)23-3/h5-12H,1-4H3/b16-12+. The number of ether oxygens (including phenoxy) is 4. The van der Waals surface area contributed by atoms with Crippen LogP contribution in [0.5, 0.6) is 17.2 Å². The number of hydrogen-bond donors (Lipinski definition) is 0. The van der Waals surface area contributed by atoms with Crippen molar-refractivity contribution in [3.05, 3.63) is 59.7 Å². The summed E-state index contributed by atoms with van der Waals surface area (Å²) in [4.78, 5) is 11.8. The molecule has 0 saturated carbocycles. The maximum Gasteiger partial charge on any atom is 0.331 e. The zero-order valence-corrected chi connectivity index (χ0v) is 14.2. The van der Waals surface area contributed by atoms with Gasteiger partial charge in [0.2, 0.25) is 0 Å². The van der Waals surface area contributed by atoms with E-state index in [2.05, 4.69) is 0 Å². The number of benzene rings is 2. The third-order valence-electron chi connectivity index (χ3n) is 3.56. The van der Waals surface area contributed by atoms with E-state index >= 15 is 0 Å². The lowest BCUT2D eigenvalue weighted by atomic mass is 9.97. The molecule has 0 atom stereocenters. The third kappa shape index (κ3) is 3.87. The van der Waals surface area contributed by atoms with Gasteiger partial charge in [-0.1, -0.05) is 18.2 Å². The Morgan fingerprint density at radius 2 is 1.42 bits per heavy atom. The summed E-state index contributed by atoms with van der Waals surface area (Å²) in [6.45, 7) is 0. The maximum absolute atomic E-state index is 11.8. The Labute approximate surface area is 141 Å². The van der Waals surface area contributed by atoms with E-state index < -0.39 is 5.97 Å². The van der Waals surface area contributed by atoms with E-state index in [1.807, 2.05) is 36.4 Å². The van der Waals surface area contributed by atoms with Crippen LogP contribution < -0.4 is 14.2 Å². The fraction of sp³-hybridized carbons (Fsp3) is 0.211. The number of carbonyl (C=O) groups excluding carboxylic acids is 1. The van der Waals surface area contributed by atoms with Crippen LogP contribution in [-0.2, 0) is 9.53 Å². The molecule has 5 nitrogen and oxygen atoms in total. The summed E-state index contributed by atoms with van der Waals surface area (Å²) in [6.07, 6.45) is 1.45. The minimum absolute atomic E-state index is 0.435. The molecule has 0 N–H and O–H groups in total. The van der Waals surface area contributed by atoms with E-state index in [1.54, 1.807) is 27.4 Å². The first-order valence-corrected chi connectivity index (χ1v) is 7.29. The number of methoxy groups -OCH3 is 4. The molecule has 0 aliphatic heterocycles. The molecule has 2 aromatic carbocycles. The predicted octanol–water partition coefficient (Wildman–Crippen LogP) is 3.32. The van der Waals surface area contributed by atoms with Crippen LogP contribution in [0.3, 0.4) is 0 Å². The average molecular weight is 328 g/mol. The highest BCUT2D eigenvalue weighted by Gasteiger charge is 2.12. The molecule has 0 saturated heterocycles. The Kier molecular flexibility index (Phi) is 5.84. The Balaban J connectivity index is 2.54. The third-order valence-corrected chi connectivity index (χ3v) is 3.56. The van der Waals surface area contributed by atoms with Crippen LogP contribution in [0.15, 0.2) is 48.5 Å². The topological polar surface area (TPSA) is 54.0 Å². The fourth-order valence-corrected chi connectivity index (χ4v) is 2.28. The van der Waals surface area contributed by atoms with Gasteiger partial charge in [-0.15, -0.1) is 0 Å². The van der Waals surface area contributed by atoms with Gasteiger partial charge in [0.25, 0.3) is 0 Å². The monoisotopic (exact) mass is 328 g/mol. The molecular formula is C19H20O5. The van der Waals surface area contributed by atoms with Crippen molar-refractivity contribution in [1.29, 1.82) is 0 Å². The van der Waals surface area contributed by atoms with E-state index in [4.69, 9.17) is 18.9 Å². The summed E-state index contributed by atoms with van der Waals surface area (Å²) >= 11 is 0. The van der Waals surface area contributed by atoms with Crippen molar-refractivity contribution in [2.45, 2.75) is 0 Å². The molecule has 2 rings (SSSR count). The molecule has 0 fully saturated rings. The van der Waals surface area contributed by atoms with E-state index in [-0.39, 0.29) is 0 Å². The van der Waals surface area contributed by atoms with Gasteiger partial charge in [0, 0.05) is 6.08 Å². The molecule has 0 amide bonds. The zero-order valence-electron chi connectivity index (χ0n) is 14.2. The van der Waals surface area contributed by atoms with Gasteiger partial charge in [0.15, 0.2) is 11.5 Å². The van der Waals surface area contributed by atoms with Crippen molar-refractivity contribution < 1.29 is 23.7 Å². The lowest BCUT2D eigenvalue weighted by molar-refractivity contribution is -0.134. The van der Waals surface area contributed by atoms with Gasteiger partial charge >= 0.3 is 5.97 Å². The molecule has 0 heterocycles. The Hall–Kier alpha value is -2.95. The minimum atomic E-state index is -0.435. The quantitative estimate of drug-likeness (QED) is 0.601. The molecule has 24 heavy (non-hydrogen) atoms. The summed E-state index contributed by atoms with van der Waals surface area (Å²) < 4.78 is 20.5. The molecule has 126 valence electrons. The predicted molar refractivity (Wildman–Crippen MR) is 91.6 cm³/mol. The van der Waals surface area contributed by atoms with E-state index in [0.29, 0.717) is 17.1 Å². The second-order valence-electron chi connectivity index (χ2n) is 4.88. The molecule has 0 radical (unpaired) electrons. The minimum Gasteiger partial charge on any atom is -0.497 e. The van der Waals surface area contributed by atoms with Gasteiger partial charge in [-0.2, -0.15) is 0 Å². The van der Waals surface area contributed by atoms with Gasteiger partial charge in [-0.3, -0.25) is 0 Å². The van der Waals surface area contributed by atoms with Gasteiger partial charge in [-0.05, 0) is 41.0 Å². The first kappa shape index (κ1) is 17.4. The highest BCUT2D eigenvalue weighted by molar-refractivity contribution is 5.96. The average Bonchev–Trinajstić information content (AvgIpc) is 2.65. The Bertz CT molecular complexity index is 732. The largest absolute Gasteiger partial charge is 0.497 e. The van der Waals surface area contributed by atoms with Crippen LogP contribution in [0.1, 0.15) is 11.1 Å². The molecule has 0 aliphatic carbocycles. The molecule has 5 heteroatoms. The van der Waals surface area contributed by atoms with Crippen molar-refractivity contribution >= 4 is 11.5 Å². The Morgan fingerprint density at radius 3 is 1.96 bits per heavy atom. The highest BCUT2D eigenvalue weighted by atomic mass is 16.5. The fourth-order valence-electron chi connectivity index (χ4n) is 2.28.